The van der Waals surface area contributed by atoms with Crippen LogP contribution in [0.4, 0.5) is 4.79 Å². The summed E-state index contributed by atoms with van der Waals surface area (Å²) in [6, 6.07) is 10.3. The molecule has 2 aromatic rings. The summed E-state index contributed by atoms with van der Waals surface area (Å²) in [6.45, 7) is 4.76. The number of benzene rings is 1. The van der Waals surface area contributed by atoms with Gasteiger partial charge in [0, 0.05) is 24.1 Å². The summed E-state index contributed by atoms with van der Waals surface area (Å²) in [5, 5.41) is -0.133. The summed E-state index contributed by atoms with van der Waals surface area (Å²) in [4.78, 5) is 27.3. The second-order valence-electron chi connectivity index (χ2n) is 7.87. The quantitative estimate of drug-likeness (QED) is 0.624. The van der Waals surface area contributed by atoms with E-state index < -0.39 is 0 Å². The molecule has 0 bridgehead atoms. The number of aryl methyl sites for hydroxylation is 2. The molecule has 1 aliphatic carbocycles. The molecule has 0 N–H and O–H groups in total. The van der Waals surface area contributed by atoms with Gasteiger partial charge < -0.3 is 4.57 Å². The Labute approximate surface area is 170 Å². The van der Waals surface area contributed by atoms with E-state index >= 15 is 0 Å². The number of carbonyl (C=O) groups excluding carboxylic acids is 2. The van der Waals surface area contributed by atoms with Crippen molar-refractivity contribution in [2.45, 2.75) is 46.0 Å². The molecule has 28 heavy (non-hydrogen) atoms. The van der Waals surface area contributed by atoms with Crippen LogP contribution in [0, 0.1) is 19.8 Å². The van der Waals surface area contributed by atoms with Gasteiger partial charge in [0.15, 0.2) is 0 Å². The highest BCUT2D eigenvalue weighted by atomic mass is 32.2. The summed E-state index contributed by atoms with van der Waals surface area (Å²) >= 11 is 1.06. The summed E-state index contributed by atoms with van der Waals surface area (Å²) in [5.74, 6) is 0.314. The number of thioether (sulfide) groups is 1. The first-order valence-corrected chi connectivity index (χ1v) is 10.8. The molecule has 2 aliphatic rings. The lowest BCUT2D eigenvalue weighted by molar-refractivity contribution is -0.123. The second kappa shape index (κ2) is 8.00. The fourth-order valence-corrected chi connectivity index (χ4v) is 4.87. The summed E-state index contributed by atoms with van der Waals surface area (Å²) in [5.41, 5.74) is 4.44. The molecule has 4 nitrogen and oxygen atoms in total. The molecule has 1 aromatic heterocycles. The Bertz CT molecular complexity index is 938. The Hall–Kier alpha value is -2.27. The number of hydrogen-bond acceptors (Lipinski definition) is 3. The molecule has 4 rings (SSSR count). The minimum absolute atomic E-state index is 0.133. The molecule has 1 aliphatic heterocycles. The predicted molar refractivity (Wildman–Crippen MR) is 114 cm³/mol. The van der Waals surface area contributed by atoms with Gasteiger partial charge in [-0.1, -0.05) is 25.3 Å². The highest BCUT2D eigenvalue weighted by Gasteiger charge is 2.36. The molecular formula is C23H26N2O2S. The first-order chi connectivity index (χ1) is 13.5. The van der Waals surface area contributed by atoms with Crippen LogP contribution in [0.2, 0.25) is 0 Å². The minimum atomic E-state index is -0.145. The highest BCUT2D eigenvalue weighted by Crippen LogP contribution is 2.35. The van der Waals surface area contributed by atoms with Crippen molar-refractivity contribution in [1.82, 2.24) is 9.47 Å². The summed E-state index contributed by atoms with van der Waals surface area (Å²) in [6.07, 6.45) is 9.77. The van der Waals surface area contributed by atoms with E-state index in [0.29, 0.717) is 17.4 Å². The van der Waals surface area contributed by atoms with Gasteiger partial charge in [-0.05, 0) is 85.8 Å². The fourth-order valence-electron chi connectivity index (χ4n) is 4.04. The lowest BCUT2D eigenvalue weighted by atomic mass is 9.89. The molecule has 2 fully saturated rings. The topological polar surface area (TPSA) is 42.3 Å². The van der Waals surface area contributed by atoms with E-state index in [-0.39, 0.29) is 11.1 Å². The Balaban J connectivity index is 1.56. The van der Waals surface area contributed by atoms with Crippen molar-refractivity contribution >= 4 is 29.0 Å². The van der Waals surface area contributed by atoms with Gasteiger partial charge in [0.1, 0.15) is 0 Å². The third-order valence-electron chi connectivity index (χ3n) is 5.87. The van der Waals surface area contributed by atoms with Crippen molar-refractivity contribution in [3.8, 4) is 5.69 Å². The largest absolute Gasteiger partial charge is 0.317 e. The lowest BCUT2D eigenvalue weighted by Crippen LogP contribution is -2.34. The van der Waals surface area contributed by atoms with Crippen molar-refractivity contribution in [2.24, 2.45) is 5.92 Å². The molecule has 0 atom stereocenters. The number of carbonyl (C=O) groups is 2. The average Bonchev–Trinajstić information content (AvgIpc) is 3.25. The number of rotatable bonds is 4. The first kappa shape index (κ1) is 19.1. The first-order valence-electron chi connectivity index (χ1n) is 10.0. The third-order valence-corrected chi connectivity index (χ3v) is 6.77. The van der Waals surface area contributed by atoms with Gasteiger partial charge in [0.2, 0.25) is 0 Å². The molecule has 0 spiro atoms. The van der Waals surface area contributed by atoms with Crippen molar-refractivity contribution < 1.29 is 9.59 Å². The van der Waals surface area contributed by atoms with E-state index in [4.69, 9.17) is 0 Å². The Morgan fingerprint density at radius 1 is 1.07 bits per heavy atom. The molecule has 5 heteroatoms. The summed E-state index contributed by atoms with van der Waals surface area (Å²) < 4.78 is 2.06. The van der Waals surface area contributed by atoms with Crippen molar-refractivity contribution in [3.63, 3.8) is 0 Å². The summed E-state index contributed by atoms with van der Waals surface area (Å²) in [7, 11) is 0. The number of amides is 2. The van der Waals surface area contributed by atoms with Crippen molar-refractivity contribution in [2.75, 3.05) is 6.54 Å². The molecular weight excluding hydrogens is 368 g/mol. The van der Waals surface area contributed by atoms with Crippen LogP contribution in [0.3, 0.4) is 0 Å². The normalized spacial score (nSPS) is 19.8. The Morgan fingerprint density at radius 2 is 1.86 bits per heavy atom. The Morgan fingerprint density at radius 3 is 2.61 bits per heavy atom. The second-order valence-corrected chi connectivity index (χ2v) is 8.86. The van der Waals surface area contributed by atoms with Crippen molar-refractivity contribution in [3.05, 3.63) is 58.3 Å². The zero-order valence-electron chi connectivity index (χ0n) is 16.5. The van der Waals surface area contributed by atoms with Crippen LogP contribution in [0.1, 0.15) is 48.9 Å². The van der Waals surface area contributed by atoms with Crippen LogP contribution in [0.5, 0.6) is 0 Å². The SMILES string of the molecule is Cc1ccc(-n2cccc2/C=C2/SC(=O)N(CC3CCCCC3)C2=O)cc1C. The van der Waals surface area contributed by atoms with Gasteiger partial charge in [-0.15, -0.1) is 0 Å². The molecule has 0 radical (unpaired) electrons. The average molecular weight is 395 g/mol. The standard InChI is InChI=1S/C23H26N2O2S/c1-16-10-11-20(13-17(16)2)24-12-6-9-19(24)14-21-22(26)25(23(27)28-21)15-18-7-4-3-5-8-18/h6,9-14,18H,3-5,7-8,15H2,1-2H3/b21-14+. The van der Waals surface area contributed by atoms with E-state index in [0.717, 1.165) is 36.0 Å². The maximum Gasteiger partial charge on any atom is 0.293 e. The van der Waals surface area contributed by atoms with E-state index in [1.165, 1.54) is 35.3 Å². The van der Waals surface area contributed by atoms with Gasteiger partial charge in [0.25, 0.3) is 11.1 Å². The highest BCUT2D eigenvalue weighted by molar-refractivity contribution is 8.18. The predicted octanol–water partition coefficient (Wildman–Crippen LogP) is 5.71. The molecule has 1 aromatic carbocycles. The monoisotopic (exact) mass is 394 g/mol. The Kier molecular flexibility index (Phi) is 5.44. The van der Waals surface area contributed by atoms with Gasteiger partial charge in [-0.2, -0.15) is 0 Å². The molecule has 1 saturated heterocycles. The van der Waals surface area contributed by atoms with E-state index in [2.05, 4.69) is 36.6 Å². The molecule has 0 unspecified atom stereocenters. The lowest BCUT2D eigenvalue weighted by Gasteiger charge is -2.25. The maximum atomic E-state index is 12.9. The van der Waals surface area contributed by atoms with Crippen LogP contribution < -0.4 is 0 Å². The smallest absolute Gasteiger partial charge is 0.293 e. The zero-order chi connectivity index (χ0) is 19.7. The van der Waals surface area contributed by atoms with E-state index in [1.54, 1.807) is 0 Å². The zero-order valence-corrected chi connectivity index (χ0v) is 17.3. The van der Waals surface area contributed by atoms with Gasteiger partial charge in [-0.25, -0.2) is 0 Å². The number of nitrogens with zero attached hydrogens (tertiary/aromatic N) is 2. The third kappa shape index (κ3) is 3.81. The van der Waals surface area contributed by atoms with Gasteiger partial charge in [-0.3, -0.25) is 14.5 Å². The van der Waals surface area contributed by atoms with Crippen LogP contribution >= 0.6 is 11.8 Å². The molecule has 2 amide bonds. The van der Waals surface area contributed by atoms with Gasteiger partial charge >= 0.3 is 0 Å². The maximum absolute atomic E-state index is 12.9. The number of imide groups is 1. The molecule has 2 heterocycles. The minimum Gasteiger partial charge on any atom is -0.317 e. The van der Waals surface area contributed by atoms with Crippen LogP contribution in [0.15, 0.2) is 41.4 Å². The van der Waals surface area contributed by atoms with Gasteiger partial charge in [0.05, 0.1) is 4.91 Å². The van der Waals surface area contributed by atoms with Crippen LogP contribution in [-0.2, 0) is 4.79 Å². The molecule has 146 valence electrons. The number of aromatic nitrogens is 1. The van der Waals surface area contributed by atoms with Crippen LogP contribution in [0.25, 0.3) is 11.8 Å². The van der Waals surface area contributed by atoms with E-state index in [1.807, 2.05) is 24.4 Å². The fraction of sp³-hybridized carbons (Fsp3) is 0.391. The molecule has 1 saturated carbocycles. The van der Waals surface area contributed by atoms with E-state index in [9.17, 15) is 9.59 Å². The number of hydrogen-bond donors (Lipinski definition) is 0. The van der Waals surface area contributed by atoms with Crippen molar-refractivity contribution in [1.29, 1.82) is 0 Å². The van der Waals surface area contributed by atoms with Crippen LogP contribution in [-0.4, -0.2) is 27.2 Å².